The van der Waals surface area contributed by atoms with Crippen molar-refractivity contribution in [3.63, 3.8) is 0 Å². The molecule has 132 valence electrons. The van der Waals surface area contributed by atoms with Gasteiger partial charge in [-0.1, -0.05) is 6.42 Å². The predicted molar refractivity (Wildman–Crippen MR) is 76.8 cm³/mol. The summed E-state index contributed by atoms with van der Waals surface area (Å²) in [6.07, 6.45) is -1.77. The first-order chi connectivity index (χ1) is 10.6. The molecule has 0 saturated carbocycles. The Morgan fingerprint density at radius 2 is 1.59 bits per heavy atom. The summed E-state index contributed by atoms with van der Waals surface area (Å²) in [6, 6.07) is 0. The van der Waals surface area contributed by atoms with Crippen molar-refractivity contribution in [3.8, 4) is 0 Å². The van der Waals surface area contributed by atoms with Gasteiger partial charge in [0.25, 0.3) is 0 Å². The lowest BCUT2D eigenvalue weighted by Gasteiger charge is -2.39. The van der Waals surface area contributed by atoms with Crippen LogP contribution in [0, 0.1) is 0 Å². The smallest absolute Gasteiger partial charge is 0.186 e. The van der Waals surface area contributed by atoms with E-state index in [1.165, 1.54) is 0 Å². The van der Waals surface area contributed by atoms with E-state index in [1.54, 1.807) is 0 Å². The number of aliphatic hydroxyl groups is 4. The minimum Gasteiger partial charge on any atom is -0.394 e. The Morgan fingerprint density at radius 1 is 0.864 bits per heavy atom. The second-order valence-electron chi connectivity index (χ2n) is 5.45. The van der Waals surface area contributed by atoms with E-state index in [9.17, 15) is 15.3 Å². The van der Waals surface area contributed by atoms with E-state index in [-0.39, 0.29) is 6.61 Å². The molecule has 0 spiro atoms. The Bertz CT molecular complexity index is 280. The quantitative estimate of drug-likeness (QED) is 0.268. The molecule has 1 aliphatic rings. The van der Waals surface area contributed by atoms with Crippen LogP contribution in [0.1, 0.15) is 25.7 Å². The highest BCUT2D eigenvalue weighted by atomic mass is 16.7. The second-order valence-corrected chi connectivity index (χ2v) is 5.45. The molecule has 0 aromatic rings. The molecular weight excluding hydrogens is 294 g/mol. The van der Waals surface area contributed by atoms with Crippen LogP contribution in [0.15, 0.2) is 0 Å². The summed E-state index contributed by atoms with van der Waals surface area (Å²) in [7, 11) is 0. The summed E-state index contributed by atoms with van der Waals surface area (Å²) >= 11 is 0. The molecule has 0 unspecified atom stereocenters. The van der Waals surface area contributed by atoms with Crippen LogP contribution in [0.4, 0.5) is 0 Å². The summed E-state index contributed by atoms with van der Waals surface area (Å²) < 4.78 is 15.9. The van der Waals surface area contributed by atoms with Gasteiger partial charge in [0.2, 0.25) is 0 Å². The molecule has 0 aliphatic carbocycles. The maximum atomic E-state index is 9.76. The van der Waals surface area contributed by atoms with Crippen molar-refractivity contribution < 1.29 is 40.4 Å². The highest BCUT2D eigenvalue weighted by molar-refractivity contribution is 4.88. The van der Waals surface area contributed by atoms with Crippen molar-refractivity contribution in [3.05, 3.63) is 0 Å². The summed E-state index contributed by atoms with van der Waals surface area (Å²) in [5, 5.41) is 38.0. The standard InChI is InChI=1S/C14H29NO7/c15-5-3-1-2-4-6-20-7-8-21-14-13(19)12(18)11(17)10(9-16)22-14/h10-14,16-19H,1-9,15H2/p+1/t10-,11+,12+,13-,14-/m1/s1. The highest BCUT2D eigenvalue weighted by Gasteiger charge is 2.43. The maximum absolute atomic E-state index is 9.76. The Morgan fingerprint density at radius 3 is 2.27 bits per heavy atom. The molecule has 8 nitrogen and oxygen atoms in total. The van der Waals surface area contributed by atoms with Crippen molar-refractivity contribution >= 4 is 0 Å². The van der Waals surface area contributed by atoms with Gasteiger partial charge in [-0.15, -0.1) is 0 Å². The number of rotatable bonds is 11. The van der Waals surface area contributed by atoms with Crippen LogP contribution in [0.25, 0.3) is 0 Å². The molecule has 7 N–H and O–H groups in total. The molecule has 1 heterocycles. The lowest BCUT2D eigenvalue weighted by Crippen LogP contribution is -2.59. The first kappa shape index (κ1) is 19.7. The first-order valence-corrected chi connectivity index (χ1v) is 7.91. The maximum Gasteiger partial charge on any atom is 0.186 e. The Balaban J connectivity index is 2.11. The second kappa shape index (κ2) is 11.3. The number of ether oxygens (including phenoxy) is 3. The fraction of sp³-hybridized carbons (Fsp3) is 1.00. The molecule has 1 rings (SSSR count). The van der Waals surface area contributed by atoms with Gasteiger partial charge in [0.15, 0.2) is 6.29 Å². The third-order valence-corrected chi connectivity index (χ3v) is 3.65. The molecule has 5 atom stereocenters. The van der Waals surface area contributed by atoms with E-state index >= 15 is 0 Å². The van der Waals surface area contributed by atoms with Crippen LogP contribution in [0.2, 0.25) is 0 Å². The normalized spacial score (nSPS) is 32.3. The van der Waals surface area contributed by atoms with Gasteiger partial charge in [0.1, 0.15) is 24.4 Å². The topological polar surface area (TPSA) is 136 Å². The largest absolute Gasteiger partial charge is 0.394 e. The Hall–Kier alpha value is -0.320. The molecule has 0 aromatic heterocycles. The van der Waals surface area contributed by atoms with Gasteiger partial charge in [-0.3, -0.25) is 0 Å². The SMILES string of the molecule is [NH3+]CCCCCCOCCO[C@@H]1O[C@H](CO)[C@H](O)[C@H](O)[C@H]1O. The molecule has 1 aliphatic heterocycles. The van der Waals surface area contributed by atoms with Gasteiger partial charge in [-0.2, -0.15) is 0 Å². The fourth-order valence-corrected chi connectivity index (χ4v) is 2.26. The van der Waals surface area contributed by atoms with Gasteiger partial charge < -0.3 is 40.4 Å². The zero-order chi connectivity index (χ0) is 16.4. The number of hydrogen-bond acceptors (Lipinski definition) is 7. The van der Waals surface area contributed by atoms with Gasteiger partial charge in [0.05, 0.1) is 26.4 Å². The third-order valence-electron chi connectivity index (χ3n) is 3.65. The zero-order valence-corrected chi connectivity index (χ0v) is 13.0. The molecule has 0 aromatic carbocycles. The van der Waals surface area contributed by atoms with E-state index in [2.05, 4.69) is 5.73 Å². The zero-order valence-electron chi connectivity index (χ0n) is 13.0. The summed E-state index contributed by atoms with van der Waals surface area (Å²) in [5.74, 6) is 0. The molecular formula is C14H30NO7+. The summed E-state index contributed by atoms with van der Waals surface area (Å²) in [4.78, 5) is 0. The summed E-state index contributed by atoms with van der Waals surface area (Å²) in [5.41, 5.74) is 3.79. The van der Waals surface area contributed by atoms with Crippen LogP contribution in [-0.4, -0.2) is 84.1 Å². The molecule has 1 fully saturated rings. The van der Waals surface area contributed by atoms with Crippen LogP contribution >= 0.6 is 0 Å². The Kier molecular flexibility index (Phi) is 10.1. The van der Waals surface area contributed by atoms with Crippen molar-refractivity contribution in [1.29, 1.82) is 0 Å². The predicted octanol–water partition coefficient (Wildman–Crippen LogP) is -2.38. The van der Waals surface area contributed by atoms with Gasteiger partial charge in [-0.05, 0) is 19.3 Å². The third kappa shape index (κ3) is 6.43. The van der Waals surface area contributed by atoms with Crippen LogP contribution in [-0.2, 0) is 14.2 Å². The van der Waals surface area contributed by atoms with E-state index in [0.717, 1.165) is 32.2 Å². The van der Waals surface area contributed by atoms with Gasteiger partial charge >= 0.3 is 0 Å². The van der Waals surface area contributed by atoms with Crippen LogP contribution in [0.3, 0.4) is 0 Å². The monoisotopic (exact) mass is 324 g/mol. The molecule has 0 bridgehead atoms. The molecule has 1 saturated heterocycles. The lowest BCUT2D eigenvalue weighted by molar-refractivity contribution is -0.368. The average molecular weight is 324 g/mol. The van der Waals surface area contributed by atoms with E-state index < -0.39 is 37.3 Å². The summed E-state index contributed by atoms with van der Waals surface area (Å²) in [6.45, 7) is 1.70. The minimum atomic E-state index is -1.41. The minimum absolute atomic E-state index is 0.196. The van der Waals surface area contributed by atoms with E-state index in [1.807, 2.05) is 0 Å². The molecule has 8 heteroatoms. The average Bonchev–Trinajstić information content (AvgIpc) is 2.53. The van der Waals surface area contributed by atoms with Crippen molar-refractivity contribution in [2.45, 2.75) is 56.4 Å². The van der Waals surface area contributed by atoms with E-state index in [0.29, 0.717) is 13.2 Å². The number of quaternary nitrogens is 1. The van der Waals surface area contributed by atoms with Crippen LogP contribution < -0.4 is 5.73 Å². The Labute approximate surface area is 130 Å². The molecule has 0 amide bonds. The van der Waals surface area contributed by atoms with Crippen molar-refractivity contribution in [2.24, 2.45) is 0 Å². The number of unbranched alkanes of at least 4 members (excludes halogenated alkanes) is 3. The fourth-order valence-electron chi connectivity index (χ4n) is 2.26. The van der Waals surface area contributed by atoms with Crippen molar-refractivity contribution in [2.75, 3.05) is 33.0 Å². The van der Waals surface area contributed by atoms with Crippen LogP contribution in [0.5, 0.6) is 0 Å². The first-order valence-electron chi connectivity index (χ1n) is 7.91. The van der Waals surface area contributed by atoms with Gasteiger partial charge in [-0.25, -0.2) is 0 Å². The number of aliphatic hydroxyl groups excluding tert-OH is 4. The molecule has 22 heavy (non-hydrogen) atoms. The number of hydrogen-bond donors (Lipinski definition) is 5. The van der Waals surface area contributed by atoms with Gasteiger partial charge in [0, 0.05) is 6.61 Å². The molecule has 0 radical (unpaired) electrons. The highest BCUT2D eigenvalue weighted by Crippen LogP contribution is 2.21. The van der Waals surface area contributed by atoms with Crippen molar-refractivity contribution in [1.82, 2.24) is 0 Å². The van der Waals surface area contributed by atoms with E-state index in [4.69, 9.17) is 19.3 Å². The lowest BCUT2D eigenvalue weighted by atomic mass is 9.99.